The highest BCUT2D eigenvalue weighted by Gasteiger charge is 2.18. The standard InChI is InChI=1S/C7H15NO2/c1-7(2,3)6(8-9)5-10-4/h9H,5H2,1-4H3/b8-6-. The van der Waals surface area contributed by atoms with Crippen molar-refractivity contribution in [3.8, 4) is 0 Å². The lowest BCUT2D eigenvalue weighted by molar-refractivity contribution is 0.227. The van der Waals surface area contributed by atoms with E-state index in [2.05, 4.69) is 5.16 Å². The van der Waals surface area contributed by atoms with Crippen molar-refractivity contribution in [1.29, 1.82) is 0 Å². The lowest BCUT2D eigenvalue weighted by Gasteiger charge is -2.18. The fourth-order valence-electron chi connectivity index (χ4n) is 0.532. The Morgan fingerprint density at radius 2 is 2.00 bits per heavy atom. The van der Waals surface area contributed by atoms with E-state index in [1.165, 1.54) is 0 Å². The second-order valence-corrected chi connectivity index (χ2v) is 3.23. The lowest BCUT2D eigenvalue weighted by Crippen LogP contribution is -2.24. The Labute approximate surface area is 61.7 Å². The van der Waals surface area contributed by atoms with Crippen LogP contribution in [0.1, 0.15) is 20.8 Å². The fraction of sp³-hybridized carbons (Fsp3) is 0.857. The summed E-state index contributed by atoms with van der Waals surface area (Å²) < 4.78 is 4.83. The minimum Gasteiger partial charge on any atom is -0.411 e. The van der Waals surface area contributed by atoms with Gasteiger partial charge < -0.3 is 9.94 Å². The second kappa shape index (κ2) is 3.56. The molecule has 0 unspecified atom stereocenters. The molecule has 0 atom stereocenters. The molecular formula is C7H15NO2. The molecule has 0 aromatic heterocycles. The molecule has 3 heteroatoms. The molecule has 0 heterocycles. The highest BCUT2D eigenvalue weighted by atomic mass is 16.5. The molecule has 0 radical (unpaired) electrons. The van der Waals surface area contributed by atoms with Crippen molar-refractivity contribution >= 4 is 5.71 Å². The molecule has 0 spiro atoms. The van der Waals surface area contributed by atoms with Gasteiger partial charge in [0, 0.05) is 12.5 Å². The topological polar surface area (TPSA) is 41.8 Å². The molecular weight excluding hydrogens is 130 g/mol. The third-order valence-electron chi connectivity index (χ3n) is 1.27. The summed E-state index contributed by atoms with van der Waals surface area (Å²) in [6.07, 6.45) is 0. The van der Waals surface area contributed by atoms with Crippen LogP contribution < -0.4 is 0 Å². The van der Waals surface area contributed by atoms with Gasteiger partial charge in [-0.05, 0) is 0 Å². The molecule has 0 fully saturated rings. The van der Waals surface area contributed by atoms with Crippen LogP contribution in [0.5, 0.6) is 0 Å². The smallest absolute Gasteiger partial charge is 0.0883 e. The van der Waals surface area contributed by atoms with E-state index in [1.807, 2.05) is 20.8 Å². The zero-order chi connectivity index (χ0) is 8.20. The number of hydrogen-bond acceptors (Lipinski definition) is 3. The molecule has 0 bridgehead atoms. The summed E-state index contributed by atoms with van der Waals surface area (Å²) in [4.78, 5) is 0. The highest BCUT2D eigenvalue weighted by Crippen LogP contribution is 2.15. The molecule has 0 aromatic rings. The number of nitrogens with zero attached hydrogens (tertiary/aromatic N) is 1. The van der Waals surface area contributed by atoms with Crippen molar-refractivity contribution in [2.75, 3.05) is 13.7 Å². The molecule has 0 aliphatic carbocycles. The maximum atomic E-state index is 8.50. The van der Waals surface area contributed by atoms with Crippen LogP contribution >= 0.6 is 0 Å². The largest absolute Gasteiger partial charge is 0.411 e. The molecule has 10 heavy (non-hydrogen) atoms. The first-order valence-electron chi connectivity index (χ1n) is 3.22. The molecule has 0 rings (SSSR count). The van der Waals surface area contributed by atoms with Gasteiger partial charge in [-0.3, -0.25) is 0 Å². The maximum absolute atomic E-state index is 8.50. The van der Waals surface area contributed by atoms with Crippen molar-refractivity contribution in [2.24, 2.45) is 10.6 Å². The van der Waals surface area contributed by atoms with E-state index in [4.69, 9.17) is 9.94 Å². The van der Waals surface area contributed by atoms with Gasteiger partial charge in [-0.25, -0.2) is 0 Å². The average Bonchev–Trinajstić information content (AvgIpc) is 1.80. The third-order valence-corrected chi connectivity index (χ3v) is 1.27. The summed E-state index contributed by atoms with van der Waals surface area (Å²) in [6, 6.07) is 0. The van der Waals surface area contributed by atoms with Crippen LogP contribution in [0.25, 0.3) is 0 Å². The van der Waals surface area contributed by atoms with E-state index < -0.39 is 0 Å². The number of ether oxygens (including phenoxy) is 1. The van der Waals surface area contributed by atoms with Gasteiger partial charge in [0.2, 0.25) is 0 Å². The molecule has 3 nitrogen and oxygen atoms in total. The van der Waals surface area contributed by atoms with E-state index in [0.717, 1.165) is 0 Å². The minimum atomic E-state index is -0.106. The lowest BCUT2D eigenvalue weighted by atomic mass is 9.90. The van der Waals surface area contributed by atoms with Gasteiger partial charge in [0.15, 0.2) is 0 Å². The Morgan fingerprint density at radius 3 is 2.10 bits per heavy atom. The molecule has 60 valence electrons. The summed E-state index contributed by atoms with van der Waals surface area (Å²) >= 11 is 0. The number of hydrogen-bond donors (Lipinski definition) is 1. The summed E-state index contributed by atoms with van der Waals surface area (Å²) in [7, 11) is 1.58. The van der Waals surface area contributed by atoms with E-state index in [0.29, 0.717) is 12.3 Å². The van der Waals surface area contributed by atoms with Crippen LogP contribution in [0.15, 0.2) is 5.16 Å². The van der Waals surface area contributed by atoms with E-state index in [1.54, 1.807) is 7.11 Å². The number of oxime groups is 1. The Bertz CT molecular complexity index is 124. The van der Waals surface area contributed by atoms with Crippen molar-refractivity contribution in [1.82, 2.24) is 0 Å². The Balaban J connectivity index is 4.10. The van der Waals surface area contributed by atoms with Gasteiger partial charge in [-0.15, -0.1) is 0 Å². The molecule has 0 aliphatic heterocycles. The SMILES string of the molecule is COC/C(=N/O)C(C)(C)C. The highest BCUT2D eigenvalue weighted by molar-refractivity contribution is 5.89. The van der Waals surface area contributed by atoms with Gasteiger partial charge in [-0.2, -0.15) is 0 Å². The average molecular weight is 145 g/mol. The monoisotopic (exact) mass is 145 g/mol. The first-order chi connectivity index (χ1) is 4.52. The van der Waals surface area contributed by atoms with Gasteiger partial charge in [0.05, 0.1) is 12.3 Å². The predicted molar refractivity (Wildman–Crippen MR) is 40.6 cm³/mol. The minimum absolute atomic E-state index is 0.106. The van der Waals surface area contributed by atoms with Crippen LogP contribution in [0.4, 0.5) is 0 Å². The molecule has 0 aliphatic rings. The summed E-state index contributed by atoms with van der Waals surface area (Å²) in [5.41, 5.74) is 0.556. The van der Waals surface area contributed by atoms with Gasteiger partial charge in [0.25, 0.3) is 0 Å². The van der Waals surface area contributed by atoms with Crippen LogP contribution in [0.3, 0.4) is 0 Å². The quantitative estimate of drug-likeness (QED) is 0.363. The van der Waals surface area contributed by atoms with Crippen molar-refractivity contribution in [3.63, 3.8) is 0 Å². The van der Waals surface area contributed by atoms with Crippen molar-refractivity contribution in [3.05, 3.63) is 0 Å². The first-order valence-corrected chi connectivity index (χ1v) is 3.22. The van der Waals surface area contributed by atoms with Crippen LogP contribution in [-0.2, 0) is 4.74 Å². The van der Waals surface area contributed by atoms with Crippen molar-refractivity contribution < 1.29 is 9.94 Å². The third kappa shape index (κ3) is 2.82. The first kappa shape index (κ1) is 9.43. The Morgan fingerprint density at radius 1 is 1.50 bits per heavy atom. The fourth-order valence-corrected chi connectivity index (χ4v) is 0.532. The molecule has 0 saturated heterocycles. The Hall–Kier alpha value is -0.570. The Kier molecular flexibility index (Phi) is 3.36. The number of rotatable bonds is 2. The number of methoxy groups -OCH3 is 1. The van der Waals surface area contributed by atoms with E-state index in [9.17, 15) is 0 Å². The summed E-state index contributed by atoms with van der Waals surface area (Å²) in [5.74, 6) is 0. The second-order valence-electron chi connectivity index (χ2n) is 3.23. The van der Waals surface area contributed by atoms with Gasteiger partial charge >= 0.3 is 0 Å². The van der Waals surface area contributed by atoms with Crippen LogP contribution in [0.2, 0.25) is 0 Å². The van der Waals surface area contributed by atoms with Crippen molar-refractivity contribution in [2.45, 2.75) is 20.8 Å². The summed E-state index contributed by atoms with van der Waals surface area (Å²) in [5, 5.41) is 11.6. The predicted octanol–water partition coefficient (Wildman–Crippen LogP) is 1.51. The molecule has 0 aromatic carbocycles. The van der Waals surface area contributed by atoms with Gasteiger partial charge in [-0.1, -0.05) is 25.9 Å². The van der Waals surface area contributed by atoms with Crippen LogP contribution in [-0.4, -0.2) is 24.6 Å². The zero-order valence-electron chi connectivity index (χ0n) is 7.01. The molecule has 0 amide bonds. The van der Waals surface area contributed by atoms with Gasteiger partial charge in [0.1, 0.15) is 0 Å². The molecule has 0 saturated carbocycles. The maximum Gasteiger partial charge on any atom is 0.0883 e. The molecule has 1 N–H and O–H groups in total. The summed E-state index contributed by atoms with van der Waals surface area (Å²) in [6.45, 7) is 6.31. The van der Waals surface area contributed by atoms with E-state index >= 15 is 0 Å². The van der Waals surface area contributed by atoms with E-state index in [-0.39, 0.29) is 5.41 Å². The van der Waals surface area contributed by atoms with Crippen LogP contribution in [0, 0.1) is 5.41 Å². The zero-order valence-corrected chi connectivity index (χ0v) is 7.01. The normalized spacial score (nSPS) is 13.8.